The van der Waals surface area contributed by atoms with Crippen LogP contribution in [-0.4, -0.2) is 94.2 Å². The van der Waals surface area contributed by atoms with Crippen LogP contribution in [0, 0.1) is 5.92 Å². The third-order valence-corrected chi connectivity index (χ3v) is 11.3. The van der Waals surface area contributed by atoms with Crippen LogP contribution in [0.3, 0.4) is 0 Å². The van der Waals surface area contributed by atoms with Crippen LogP contribution in [-0.2, 0) is 33.9 Å². The zero-order valence-electron chi connectivity index (χ0n) is 28.9. The van der Waals surface area contributed by atoms with Crippen molar-refractivity contribution in [2.45, 2.75) is 113 Å². The molecule has 3 heterocycles. The molecule has 15 nitrogen and oxygen atoms in total. The van der Waals surface area contributed by atoms with Gasteiger partial charge < -0.3 is 25.0 Å². The quantitative estimate of drug-likeness (QED) is 0.292. The lowest BCUT2D eigenvalue weighted by molar-refractivity contribution is -0.141. The van der Waals surface area contributed by atoms with Crippen LogP contribution in [0.2, 0.25) is 0 Å². The Bertz CT molecular complexity index is 1860. The Hall–Kier alpha value is -4.60. The maximum atomic E-state index is 14.3. The number of allylic oxidation sites excluding steroid dienone is 1. The number of aromatic nitrogens is 2. The molecule has 4 aliphatic rings. The maximum Gasteiger partial charge on any atom is 0.408 e. The lowest BCUT2D eigenvalue weighted by Gasteiger charge is -2.30. The van der Waals surface area contributed by atoms with Crippen molar-refractivity contribution >= 4 is 50.8 Å². The van der Waals surface area contributed by atoms with Gasteiger partial charge in [0.25, 0.3) is 5.91 Å². The first kappa shape index (κ1) is 36.2. The number of ether oxygens (including phenoxy) is 2. The fourth-order valence-corrected chi connectivity index (χ4v) is 7.97. The largest absolute Gasteiger partial charge is 0.457 e. The molecule has 6 rings (SSSR count). The number of esters is 1. The summed E-state index contributed by atoms with van der Waals surface area (Å²) < 4.78 is 38.9. The van der Waals surface area contributed by atoms with E-state index in [1.54, 1.807) is 32.9 Å². The average Bonchev–Trinajstić information content (AvgIpc) is 3.99. The Morgan fingerprint density at radius 1 is 1.02 bits per heavy atom. The Labute approximate surface area is 296 Å². The Balaban J connectivity index is 1.27. The molecule has 0 bridgehead atoms. The summed E-state index contributed by atoms with van der Waals surface area (Å²) in [5.41, 5.74) is -1.10. The molecule has 2 aromatic rings. The highest BCUT2D eigenvalue weighted by molar-refractivity contribution is 7.91. The van der Waals surface area contributed by atoms with Gasteiger partial charge in [-0.2, -0.15) is 0 Å². The first-order chi connectivity index (χ1) is 24.1. The summed E-state index contributed by atoms with van der Waals surface area (Å²) in [6.45, 7) is 4.94. The Morgan fingerprint density at radius 2 is 1.76 bits per heavy atom. The fourth-order valence-electron chi connectivity index (χ4n) is 6.61. The number of carbonyl (C=O) groups excluding carboxylic acids is 5. The molecule has 1 aromatic carbocycles. The molecule has 51 heavy (non-hydrogen) atoms. The third-order valence-electron chi connectivity index (χ3n) is 9.51. The van der Waals surface area contributed by atoms with E-state index in [0.717, 1.165) is 12.8 Å². The van der Waals surface area contributed by atoms with Crippen molar-refractivity contribution in [1.29, 1.82) is 0 Å². The normalized spacial score (nSPS) is 27.9. The van der Waals surface area contributed by atoms with Crippen molar-refractivity contribution in [3.05, 3.63) is 48.3 Å². The summed E-state index contributed by atoms with van der Waals surface area (Å²) in [7, 11) is -3.91. The molecule has 2 aliphatic carbocycles. The van der Waals surface area contributed by atoms with E-state index < -0.39 is 80.3 Å². The van der Waals surface area contributed by atoms with Gasteiger partial charge in [-0.25, -0.2) is 18.0 Å². The second kappa shape index (κ2) is 14.2. The van der Waals surface area contributed by atoms with Crippen molar-refractivity contribution in [2.75, 3.05) is 6.54 Å². The van der Waals surface area contributed by atoms with Gasteiger partial charge >= 0.3 is 12.1 Å². The molecule has 0 radical (unpaired) electrons. The smallest absolute Gasteiger partial charge is 0.408 e. The zero-order valence-corrected chi connectivity index (χ0v) is 29.7. The van der Waals surface area contributed by atoms with Gasteiger partial charge in [0.15, 0.2) is 0 Å². The molecule has 2 saturated carbocycles. The van der Waals surface area contributed by atoms with Crippen molar-refractivity contribution in [1.82, 2.24) is 30.2 Å². The minimum absolute atomic E-state index is 0.103. The molecule has 5 atom stereocenters. The SMILES string of the molecule is CC(C)(C)OC(=O)N[C@H]1CCCCC/C=C\C2C[C@@]2(C(=O)NS(=O)(=O)C2CC2)NC(=O)[C@@H]2C[C@@H](OC(=O)c3ccc4nccnc4c3)CN2C1=O. The number of nitrogens with one attached hydrogen (secondary N) is 3. The van der Waals surface area contributed by atoms with E-state index in [4.69, 9.17) is 9.47 Å². The second-order valence-corrected chi connectivity index (χ2v) is 16.7. The lowest BCUT2D eigenvalue weighted by Crippen LogP contribution is -2.58. The number of rotatable bonds is 6. The fraction of sp³-hybridized carbons (Fsp3) is 0.571. The number of benzene rings is 1. The van der Waals surface area contributed by atoms with Gasteiger partial charge in [0.2, 0.25) is 21.8 Å². The minimum Gasteiger partial charge on any atom is -0.457 e. The number of hydrogen-bond donors (Lipinski definition) is 3. The van der Waals surface area contributed by atoms with E-state index in [0.29, 0.717) is 36.7 Å². The van der Waals surface area contributed by atoms with Crippen LogP contribution in [0.1, 0.15) is 88.9 Å². The second-order valence-electron chi connectivity index (χ2n) is 14.7. The monoisotopic (exact) mass is 724 g/mol. The van der Waals surface area contributed by atoms with Gasteiger partial charge in [-0.05, 0) is 77.5 Å². The van der Waals surface area contributed by atoms with Crippen LogP contribution < -0.4 is 15.4 Å². The summed E-state index contributed by atoms with van der Waals surface area (Å²) in [6.07, 6.45) is 9.06. The van der Waals surface area contributed by atoms with E-state index in [1.165, 1.54) is 23.4 Å². The molecule has 1 aromatic heterocycles. The Kier molecular flexibility index (Phi) is 10.1. The van der Waals surface area contributed by atoms with Gasteiger partial charge in [0, 0.05) is 24.7 Å². The number of carbonyl (C=O) groups is 5. The van der Waals surface area contributed by atoms with Crippen LogP contribution in [0.25, 0.3) is 11.0 Å². The van der Waals surface area contributed by atoms with Crippen LogP contribution in [0.15, 0.2) is 42.7 Å². The molecular weight excluding hydrogens is 680 g/mol. The van der Waals surface area contributed by atoms with Gasteiger partial charge in [-0.3, -0.25) is 29.1 Å². The number of sulfonamides is 1. The summed E-state index contributed by atoms with van der Waals surface area (Å²) in [5, 5.41) is 4.83. The summed E-state index contributed by atoms with van der Waals surface area (Å²) in [4.78, 5) is 78.0. The van der Waals surface area contributed by atoms with E-state index in [2.05, 4.69) is 25.3 Å². The Morgan fingerprint density at radius 3 is 2.49 bits per heavy atom. The molecule has 3 fully saturated rings. The number of nitrogens with zero attached hydrogens (tertiary/aromatic N) is 3. The van der Waals surface area contributed by atoms with Crippen molar-refractivity contribution in [2.24, 2.45) is 5.92 Å². The number of hydrogen-bond acceptors (Lipinski definition) is 11. The zero-order chi connectivity index (χ0) is 36.6. The van der Waals surface area contributed by atoms with E-state index >= 15 is 0 Å². The van der Waals surface area contributed by atoms with Gasteiger partial charge in [-0.15, -0.1) is 0 Å². The van der Waals surface area contributed by atoms with Crippen molar-refractivity contribution in [3.63, 3.8) is 0 Å². The maximum absolute atomic E-state index is 14.3. The molecule has 0 spiro atoms. The van der Waals surface area contributed by atoms with Crippen LogP contribution in [0.4, 0.5) is 4.79 Å². The number of fused-ring (bicyclic) bond motifs is 3. The summed E-state index contributed by atoms with van der Waals surface area (Å²) in [5.74, 6) is -3.26. The number of alkyl carbamates (subject to hydrolysis) is 1. The predicted molar refractivity (Wildman–Crippen MR) is 183 cm³/mol. The van der Waals surface area contributed by atoms with Crippen LogP contribution in [0.5, 0.6) is 0 Å². The van der Waals surface area contributed by atoms with Crippen molar-refractivity contribution < 1.29 is 41.9 Å². The predicted octanol–water partition coefficient (Wildman–Crippen LogP) is 2.65. The van der Waals surface area contributed by atoms with Crippen LogP contribution >= 0.6 is 0 Å². The highest BCUT2D eigenvalue weighted by atomic mass is 32.2. The van der Waals surface area contributed by atoms with E-state index in [9.17, 15) is 32.4 Å². The standard InChI is InChI=1S/C35H44N6O9S/c1-34(2,3)50-33(46)38-26-10-8-6-4-5-7-9-22-19-35(22,32(45)40-51(47,48)24-12-13-24)39-29(42)28-18-23(20-41(28)30(26)43)49-31(44)21-11-14-25-27(17-21)37-16-15-36-25/h7,9,11,14-17,22-24,26,28H,4-6,8,10,12-13,18-20H2,1-3H3,(H,38,46)(H,39,42)(H,40,45)/b9-7-/t22?,23-,26+,28+,35-/m1/s1. The molecular formula is C35H44N6O9S. The molecule has 3 N–H and O–H groups in total. The van der Waals surface area contributed by atoms with Gasteiger partial charge in [-0.1, -0.05) is 25.0 Å². The third kappa shape index (κ3) is 8.48. The lowest BCUT2D eigenvalue weighted by atomic mass is 10.0. The molecule has 4 amide bonds. The molecule has 274 valence electrons. The topological polar surface area (TPSA) is 203 Å². The highest BCUT2D eigenvalue weighted by Gasteiger charge is 2.62. The first-order valence-electron chi connectivity index (χ1n) is 17.4. The summed E-state index contributed by atoms with van der Waals surface area (Å²) in [6, 6.07) is 2.46. The van der Waals surface area contributed by atoms with E-state index in [1.807, 2.05) is 12.2 Å². The molecule has 1 unspecified atom stereocenters. The highest BCUT2D eigenvalue weighted by Crippen LogP contribution is 2.46. The van der Waals surface area contributed by atoms with Crippen molar-refractivity contribution in [3.8, 4) is 0 Å². The van der Waals surface area contributed by atoms with Gasteiger partial charge in [0.05, 0.1) is 28.4 Å². The molecule has 1 saturated heterocycles. The van der Waals surface area contributed by atoms with Gasteiger partial charge in [0.1, 0.15) is 29.3 Å². The minimum atomic E-state index is -3.91. The molecule has 16 heteroatoms. The number of amides is 4. The molecule has 2 aliphatic heterocycles. The van der Waals surface area contributed by atoms with E-state index in [-0.39, 0.29) is 31.4 Å². The summed E-state index contributed by atoms with van der Waals surface area (Å²) >= 11 is 0. The first-order valence-corrected chi connectivity index (χ1v) is 19.0. The average molecular weight is 725 g/mol.